The number of carboxylic acid groups (broad SMARTS) is 1. The molecule has 0 radical (unpaired) electrons. The molecule has 0 spiro atoms. The quantitative estimate of drug-likeness (QED) is 0.416. The van der Waals surface area contributed by atoms with Crippen LogP contribution in [0, 0.1) is 5.92 Å². The van der Waals surface area contributed by atoms with Gasteiger partial charge in [0.2, 0.25) is 5.91 Å². The third-order valence-electron chi connectivity index (χ3n) is 3.34. The number of carbonyl (C=O) groups is 5. The molecule has 0 aromatic rings. The summed E-state index contributed by atoms with van der Waals surface area (Å²) in [6, 6.07) is 0. The van der Waals surface area contributed by atoms with Gasteiger partial charge in [-0.25, -0.2) is 19.3 Å². The molecule has 1 unspecified atom stereocenters. The summed E-state index contributed by atoms with van der Waals surface area (Å²) >= 11 is 0. The fourth-order valence-electron chi connectivity index (χ4n) is 2.22. The second-order valence-corrected chi connectivity index (χ2v) is 6.54. The first kappa shape index (κ1) is 21.1. The number of ketones is 1. The lowest BCUT2D eigenvalue weighted by molar-refractivity contribution is -0.136. The molecular weight excluding hydrogens is 348 g/mol. The molecule has 1 aliphatic heterocycles. The van der Waals surface area contributed by atoms with Crippen molar-refractivity contribution in [1.82, 2.24) is 10.2 Å². The van der Waals surface area contributed by atoms with Crippen molar-refractivity contribution in [3.8, 4) is 0 Å². The summed E-state index contributed by atoms with van der Waals surface area (Å²) in [5, 5.41) is 11.1. The lowest BCUT2D eigenvalue weighted by atomic mass is 10.0. The molecule has 1 fully saturated rings. The van der Waals surface area contributed by atoms with Crippen LogP contribution in [0.25, 0.3) is 0 Å². The molecule has 1 heterocycles. The Morgan fingerprint density at radius 1 is 1.31 bits per heavy atom. The van der Waals surface area contributed by atoms with Crippen molar-refractivity contribution in [3.63, 3.8) is 0 Å². The Hall–Kier alpha value is -2.91. The van der Waals surface area contributed by atoms with Gasteiger partial charge in [-0.2, -0.15) is 0 Å². The summed E-state index contributed by atoms with van der Waals surface area (Å²) in [6.07, 6.45) is -0.990. The van der Waals surface area contributed by atoms with E-state index in [9.17, 15) is 24.0 Å². The Bertz CT molecular complexity index is 647. The Balaban J connectivity index is 2.75. The largest absolute Gasteiger partial charge is 0.465 e. The minimum absolute atomic E-state index is 0.00204. The number of hydrogen-bond donors (Lipinski definition) is 2. The van der Waals surface area contributed by atoms with Crippen molar-refractivity contribution in [2.75, 3.05) is 13.7 Å². The molecular formula is C16H22N2O8. The van der Waals surface area contributed by atoms with E-state index in [1.165, 1.54) is 6.08 Å². The van der Waals surface area contributed by atoms with E-state index < -0.39 is 47.9 Å². The maximum atomic E-state index is 11.9. The highest BCUT2D eigenvalue weighted by atomic mass is 16.6. The molecule has 0 aromatic carbocycles. The van der Waals surface area contributed by atoms with E-state index >= 15 is 0 Å². The first-order valence-electron chi connectivity index (χ1n) is 7.81. The molecule has 1 saturated heterocycles. The first-order valence-corrected chi connectivity index (χ1v) is 7.81. The van der Waals surface area contributed by atoms with Gasteiger partial charge in [0.1, 0.15) is 11.3 Å². The molecule has 10 heteroatoms. The van der Waals surface area contributed by atoms with E-state index in [-0.39, 0.29) is 18.5 Å². The van der Waals surface area contributed by atoms with E-state index in [2.05, 4.69) is 10.1 Å². The number of nitrogens with one attached hydrogen (secondary N) is 1. The van der Waals surface area contributed by atoms with Crippen molar-refractivity contribution in [2.45, 2.75) is 39.2 Å². The Labute approximate surface area is 150 Å². The summed E-state index contributed by atoms with van der Waals surface area (Å²) in [7, 11) is 1.13. The second kappa shape index (κ2) is 8.45. The van der Waals surface area contributed by atoms with Crippen LogP contribution in [0.3, 0.4) is 0 Å². The maximum absolute atomic E-state index is 11.9. The van der Waals surface area contributed by atoms with Crippen molar-refractivity contribution < 1.29 is 38.6 Å². The zero-order valence-electron chi connectivity index (χ0n) is 15.0. The molecule has 3 amide bonds. The summed E-state index contributed by atoms with van der Waals surface area (Å²) in [5.74, 6) is -3.23. The summed E-state index contributed by atoms with van der Waals surface area (Å²) in [6.45, 7) is 4.47. The number of allylic oxidation sites excluding steroid dienone is 1. The number of nitrogens with zero attached hydrogens (tertiary/aromatic N) is 1. The number of likely N-dealkylation sites (tertiary alicyclic amines) is 1. The molecule has 0 aromatic heterocycles. The third-order valence-corrected chi connectivity index (χ3v) is 3.34. The van der Waals surface area contributed by atoms with Gasteiger partial charge in [0.05, 0.1) is 19.6 Å². The van der Waals surface area contributed by atoms with Crippen LogP contribution in [-0.4, -0.2) is 59.1 Å². The number of methoxy groups -OCH3 is 1. The number of amides is 3. The summed E-state index contributed by atoms with van der Waals surface area (Å²) < 4.78 is 9.60. The van der Waals surface area contributed by atoms with Gasteiger partial charge in [-0.05, 0) is 33.6 Å². The number of carbonyl (C=O) groups excluding carboxylic acids is 4. The Morgan fingerprint density at radius 3 is 2.38 bits per heavy atom. The van der Waals surface area contributed by atoms with Gasteiger partial charge >= 0.3 is 18.2 Å². The van der Waals surface area contributed by atoms with Crippen molar-refractivity contribution >= 4 is 29.8 Å². The SMILES string of the molecule is COC(=O)/C(=C/CCC1C(=O)CN(C(=O)O)C1=O)NC(=O)OC(C)(C)C. The highest BCUT2D eigenvalue weighted by Crippen LogP contribution is 2.20. The molecule has 0 bridgehead atoms. The molecule has 2 N–H and O–H groups in total. The highest BCUT2D eigenvalue weighted by Gasteiger charge is 2.41. The minimum atomic E-state index is -1.48. The van der Waals surface area contributed by atoms with Gasteiger partial charge in [-0.1, -0.05) is 6.08 Å². The normalized spacial score (nSPS) is 17.9. The lowest BCUT2D eigenvalue weighted by Gasteiger charge is -2.20. The van der Waals surface area contributed by atoms with Gasteiger partial charge in [-0.15, -0.1) is 0 Å². The van der Waals surface area contributed by atoms with Gasteiger partial charge in [-0.3, -0.25) is 14.9 Å². The fourth-order valence-corrected chi connectivity index (χ4v) is 2.22. The number of imide groups is 1. The summed E-state index contributed by atoms with van der Waals surface area (Å²) in [4.78, 5) is 58.5. The molecule has 144 valence electrons. The average molecular weight is 370 g/mol. The first-order chi connectivity index (χ1) is 12.0. The molecule has 1 rings (SSSR count). The monoisotopic (exact) mass is 370 g/mol. The Morgan fingerprint density at radius 2 is 1.92 bits per heavy atom. The maximum Gasteiger partial charge on any atom is 0.414 e. The molecule has 1 aliphatic rings. The topological polar surface area (TPSA) is 139 Å². The van der Waals surface area contributed by atoms with Crippen LogP contribution < -0.4 is 5.32 Å². The van der Waals surface area contributed by atoms with Crippen molar-refractivity contribution in [3.05, 3.63) is 11.8 Å². The standard InChI is InChI=1S/C16H22N2O8/c1-16(2,3)26-14(22)17-10(13(21)25-4)7-5-6-9-11(19)8-18(12(9)20)15(23)24/h7,9H,5-6,8H2,1-4H3,(H,17,22)(H,23,24)/b10-7-. The predicted molar refractivity (Wildman–Crippen MR) is 86.9 cm³/mol. The number of esters is 1. The smallest absolute Gasteiger partial charge is 0.414 e. The molecule has 0 aliphatic carbocycles. The molecule has 10 nitrogen and oxygen atoms in total. The van der Waals surface area contributed by atoms with Crippen LogP contribution in [0.2, 0.25) is 0 Å². The van der Waals surface area contributed by atoms with Crippen molar-refractivity contribution in [2.24, 2.45) is 5.92 Å². The van der Waals surface area contributed by atoms with Crippen LogP contribution in [0.5, 0.6) is 0 Å². The second-order valence-electron chi connectivity index (χ2n) is 6.54. The van der Waals surface area contributed by atoms with Gasteiger partial charge in [0.25, 0.3) is 0 Å². The number of hydrogen-bond acceptors (Lipinski definition) is 7. The zero-order chi connectivity index (χ0) is 20.1. The van der Waals surface area contributed by atoms with E-state index in [1.54, 1.807) is 20.8 Å². The van der Waals surface area contributed by atoms with E-state index in [0.29, 0.717) is 4.90 Å². The summed E-state index contributed by atoms with van der Waals surface area (Å²) in [5.41, 5.74) is -0.969. The number of alkyl carbamates (subject to hydrolysis) is 1. The fraction of sp³-hybridized carbons (Fsp3) is 0.562. The minimum Gasteiger partial charge on any atom is -0.465 e. The van der Waals surface area contributed by atoms with Crippen LogP contribution in [0.15, 0.2) is 11.8 Å². The van der Waals surface area contributed by atoms with Crippen molar-refractivity contribution in [1.29, 1.82) is 0 Å². The average Bonchev–Trinajstić information content (AvgIpc) is 2.79. The lowest BCUT2D eigenvalue weighted by Crippen LogP contribution is -2.34. The predicted octanol–water partition coefficient (Wildman–Crippen LogP) is 1.05. The number of rotatable bonds is 5. The third kappa shape index (κ3) is 5.87. The zero-order valence-corrected chi connectivity index (χ0v) is 15.0. The number of ether oxygens (including phenoxy) is 2. The van der Waals surface area contributed by atoms with Gasteiger partial charge < -0.3 is 14.6 Å². The van der Waals surface area contributed by atoms with E-state index in [1.807, 2.05) is 0 Å². The molecule has 0 saturated carbocycles. The Kier molecular flexibility index (Phi) is 6.87. The van der Waals surface area contributed by atoms with Gasteiger partial charge in [0, 0.05) is 0 Å². The number of Topliss-reactive ketones (excluding diaryl/α,β-unsaturated/α-hetero) is 1. The molecule has 26 heavy (non-hydrogen) atoms. The van der Waals surface area contributed by atoms with E-state index in [0.717, 1.165) is 7.11 Å². The van der Waals surface area contributed by atoms with Gasteiger partial charge in [0.15, 0.2) is 5.78 Å². The van der Waals surface area contributed by atoms with Crippen LogP contribution in [0.1, 0.15) is 33.6 Å². The van der Waals surface area contributed by atoms with E-state index in [4.69, 9.17) is 9.84 Å². The molecule has 1 atom stereocenters. The van der Waals surface area contributed by atoms with Crippen LogP contribution in [-0.2, 0) is 23.9 Å². The highest BCUT2D eigenvalue weighted by molar-refractivity contribution is 6.13. The van der Waals surface area contributed by atoms with Crippen LogP contribution >= 0.6 is 0 Å². The van der Waals surface area contributed by atoms with Crippen LogP contribution in [0.4, 0.5) is 9.59 Å².